The zero-order valence-electron chi connectivity index (χ0n) is 10.6. The number of halogens is 2. The van der Waals surface area contributed by atoms with E-state index in [1.54, 1.807) is 26.0 Å². The SMILES string of the molecule is Cc1nnc(Oc2ccc(Cl)c(Cl)c2)c(C(=O)O)c1C. The molecule has 0 amide bonds. The van der Waals surface area contributed by atoms with Crippen molar-refractivity contribution in [1.29, 1.82) is 0 Å². The van der Waals surface area contributed by atoms with Crippen molar-refractivity contribution < 1.29 is 14.6 Å². The van der Waals surface area contributed by atoms with Crippen molar-refractivity contribution in [3.63, 3.8) is 0 Å². The molecule has 0 saturated carbocycles. The topological polar surface area (TPSA) is 72.3 Å². The zero-order valence-corrected chi connectivity index (χ0v) is 12.2. The third-order valence-electron chi connectivity index (χ3n) is 2.74. The maximum absolute atomic E-state index is 11.3. The number of carboxylic acid groups (broad SMARTS) is 1. The Morgan fingerprint density at radius 1 is 1.20 bits per heavy atom. The van der Waals surface area contributed by atoms with Gasteiger partial charge in [-0.2, -0.15) is 5.10 Å². The molecule has 1 aromatic carbocycles. The molecular formula is C13H10Cl2N2O3. The van der Waals surface area contributed by atoms with Gasteiger partial charge in [-0.15, -0.1) is 5.10 Å². The van der Waals surface area contributed by atoms with Crippen LogP contribution in [0.3, 0.4) is 0 Å². The van der Waals surface area contributed by atoms with Crippen LogP contribution in [0.15, 0.2) is 18.2 Å². The lowest BCUT2D eigenvalue weighted by Crippen LogP contribution is -2.08. The van der Waals surface area contributed by atoms with Gasteiger partial charge in [-0.3, -0.25) is 0 Å². The zero-order chi connectivity index (χ0) is 14.9. The van der Waals surface area contributed by atoms with E-state index in [9.17, 15) is 9.90 Å². The average Bonchev–Trinajstić information content (AvgIpc) is 2.38. The van der Waals surface area contributed by atoms with Crippen LogP contribution < -0.4 is 4.74 Å². The molecule has 2 aromatic rings. The van der Waals surface area contributed by atoms with Crippen molar-refractivity contribution in [2.75, 3.05) is 0 Å². The van der Waals surface area contributed by atoms with Gasteiger partial charge in [0.05, 0.1) is 15.7 Å². The van der Waals surface area contributed by atoms with E-state index in [0.717, 1.165) is 0 Å². The molecule has 0 saturated heterocycles. The van der Waals surface area contributed by atoms with E-state index in [1.807, 2.05) is 0 Å². The number of aromatic carboxylic acids is 1. The Hall–Kier alpha value is -1.85. The predicted octanol–water partition coefficient (Wildman–Crippen LogP) is 3.89. The Bertz CT molecular complexity index is 690. The first-order valence-corrected chi connectivity index (χ1v) is 6.36. The molecular weight excluding hydrogens is 303 g/mol. The smallest absolute Gasteiger partial charge is 0.341 e. The van der Waals surface area contributed by atoms with Gasteiger partial charge < -0.3 is 9.84 Å². The van der Waals surface area contributed by atoms with E-state index in [2.05, 4.69) is 10.2 Å². The molecule has 1 heterocycles. The fraction of sp³-hybridized carbons (Fsp3) is 0.154. The molecule has 0 aliphatic carbocycles. The summed E-state index contributed by atoms with van der Waals surface area (Å²) < 4.78 is 5.44. The van der Waals surface area contributed by atoms with Gasteiger partial charge in [0.1, 0.15) is 11.3 Å². The van der Waals surface area contributed by atoms with Crippen LogP contribution in [0.1, 0.15) is 21.6 Å². The molecule has 0 radical (unpaired) electrons. The van der Waals surface area contributed by atoms with Crippen molar-refractivity contribution >= 4 is 29.2 Å². The highest BCUT2D eigenvalue weighted by Crippen LogP contribution is 2.30. The minimum atomic E-state index is -1.13. The second kappa shape index (κ2) is 5.64. The Morgan fingerprint density at radius 2 is 1.90 bits per heavy atom. The third kappa shape index (κ3) is 2.84. The lowest BCUT2D eigenvalue weighted by molar-refractivity contribution is 0.0692. The summed E-state index contributed by atoms with van der Waals surface area (Å²) in [7, 11) is 0. The van der Waals surface area contributed by atoms with Crippen molar-refractivity contribution in [2.24, 2.45) is 0 Å². The van der Waals surface area contributed by atoms with E-state index in [1.165, 1.54) is 6.07 Å². The first-order chi connectivity index (χ1) is 9.40. The number of rotatable bonds is 3. The van der Waals surface area contributed by atoms with E-state index in [4.69, 9.17) is 27.9 Å². The Labute approximate surface area is 125 Å². The lowest BCUT2D eigenvalue weighted by atomic mass is 10.1. The molecule has 1 N–H and O–H groups in total. The molecule has 2 rings (SSSR count). The Morgan fingerprint density at radius 3 is 2.50 bits per heavy atom. The summed E-state index contributed by atoms with van der Waals surface area (Å²) in [6.45, 7) is 3.33. The molecule has 20 heavy (non-hydrogen) atoms. The number of aryl methyl sites for hydroxylation is 1. The molecule has 104 valence electrons. The first kappa shape index (κ1) is 14.6. The number of aromatic nitrogens is 2. The van der Waals surface area contributed by atoms with Crippen LogP contribution in [-0.4, -0.2) is 21.3 Å². The molecule has 0 unspecified atom stereocenters. The van der Waals surface area contributed by atoms with Gasteiger partial charge in [-0.25, -0.2) is 4.79 Å². The summed E-state index contributed by atoms with van der Waals surface area (Å²) in [5, 5.41) is 17.6. The Balaban J connectivity index is 2.45. The largest absolute Gasteiger partial charge is 0.477 e. The van der Waals surface area contributed by atoms with Gasteiger partial charge in [0.25, 0.3) is 5.88 Å². The minimum absolute atomic E-state index is 0.0245. The van der Waals surface area contributed by atoms with Crippen molar-refractivity contribution in [3.05, 3.63) is 45.1 Å². The average molecular weight is 313 g/mol. The minimum Gasteiger partial charge on any atom is -0.477 e. The molecule has 0 aliphatic rings. The van der Waals surface area contributed by atoms with Gasteiger partial charge >= 0.3 is 5.97 Å². The van der Waals surface area contributed by atoms with Crippen LogP contribution in [0.4, 0.5) is 0 Å². The fourth-order valence-electron chi connectivity index (χ4n) is 1.56. The van der Waals surface area contributed by atoms with Crippen LogP contribution in [0.25, 0.3) is 0 Å². The molecule has 1 aromatic heterocycles. The first-order valence-electron chi connectivity index (χ1n) is 5.60. The lowest BCUT2D eigenvalue weighted by Gasteiger charge is -2.10. The van der Waals surface area contributed by atoms with E-state index >= 15 is 0 Å². The second-order valence-corrected chi connectivity index (χ2v) is 4.89. The maximum atomic E-state index is 11.3. The molecule has 0 bridgehead atoms. The summed E-state index contributed by atoms with van der Waals surface area (Å²) in [6, 6.07) is 4.59. The van der Waals surface area contributed by atoms with E-state index in [0.29, 0.717) is 27.1 Å². The normalized spacial score (nSPS) is 10.4. The summed E-state index contributed by atoms with van der Waals surface area (Å²) >= 11 is 11.7. The van der Waals surface area contributed by atoms with Crippen LogP contribution in [-0.2, 0) is 0 Å². The fourth-order valence-corrected chi connectivity index (χ4v) is 1.85. The van der Waals surface area contributed by atoms with Gasteiger partial charge in [0.2, 0.25) is 0 Å². The molecule has 0 atom stereocenters. The highest BCUT2D eigenvalue weighted by atomic mass is 35.5. The summed E-state index contributed by atoms with van der Waals surface area (Å²) in [5.41, 5.74) is 1.01. The molecule has 0 aliphatic heterocycles. The highest BCUT2D eigenvalue weighted by Gasteiger charge is 2.19. The Kier molecular flexibility index (Phi) is 4.11. The molecule has 5 nitrogen and oxygen atoms in total. The second-order valence-electron chi connectivity index (χ2n) is 4.07. The summed E-state index contributed by atoms with van der Waals surface area (Å²) in [4.78, 5) is 11.3. The number of hydrogen-bond donors (Lipinski definition) is 1. The molecule has 0 fully saturated rings. The number of nitrogens with zero attached hydrogens (tertiary/aromatic N) is 2. The number of carboxylic acids is 1. The quantitative estimate of drug-likeness (QED) is 0.930. The van der Waals surface area contributed by atoms with Crippen LogP contribution >= 0.6 is 23.2 Å². The standard InChI is InChI=1S/C13H10Cl2N2O3/c1-6-7(2)16-17-12(11(6)13(18)19)20-8-3-4-9(14)10(15)5-8/h3-5H,1-2H3,(H,18,19). The van der Waals surface area contributed by atoms with Gasteiger partial charge in [-0.1, -0.05) is 23.2 Å². The predicted molar refractivity (Wildman–Crippen MR) is 75.0 cm³/mol. The van der Waals surface area contributed by atoms with Crippen molar-refractivity contribution in [1.82, 2.24) is 10.2 Å². The highest BCUT2D eigenvalue weighted by molar-refractivity contribution is 6.42. The van der Waals surface area contributed by atoms with Crippen LogP contribution in [0.2, 0.25) is 10.0 Å². The monoisotopic (exact) mass is 312 g/mol. The third-order valence-corrected chi connectivity index (χ3v) is 3.48. The van der Waals surface area contributed by atoms with Gasteiger partial charge in [0, 0.05) is 6.07 Å². The number of benzene rings is 1. The van der Waals surface area contributed by atoms with Crippen LogP contribution in [0.5, 0.6) is 11.6 Å². The van der Waals surface area contributed by atoms with Gasteiger partial charge in [-0.05, 0) is 31.5 Å². The van der Waals surface area contributed by atoms with E-state index in [-0.39, 0.29) is 11.4 Å². The molecule has 7 heteroatoms. The molecule has 0 spiro atoms. The van der Waals surface area contributed by atoms with Crippen molar-refractivity contribution in [2.45, 2.75) is 13.8 Å². The summed E-state index contributed by atoms with van der Waals surface area (Å²) in [5.74, 6) is -0.881. The van der Waals surface area contributed by atoms with E-state index < -0.39 is 5.97 Å². The van der Waals surface area contributed by atoms with Crippen LogP contribution in [0, 0.1) is 13.8 Å². The number of hydrogen-bond acceptors (Lipinski definition) is 4. The number of carbonyl (C=O) groups is 1. The number of ether oxygens (including phenoxy) is 1. The summed E-state index contributed by atoms with van der Waals surface area (Å²) in [6.07, 6.45) is 0. The van der Waals surface area contributed by atoms with Crippen molar-refractivity contribution in [3.8, 4) is 11.6 Å². The van der Waals surface area contributed by atoms with Gasteiger partial charge in [0.15, 0.2) is 0 Å². The maximum Gasteiger partial charge on any atom is 0.341 e.